The topological polar surface area (TPSA) is 101 Å². The number of ether oxygens (including phenoxy) is 1. The number of carboxylic acid groups (broad SMARTS) is 1. The molecule has 0 spiro atoms. The largest absolute Gasteiger partial charge is 0.481 e. The van der Waals surface area contributed by atoms with Crippen LogP contribution in [0.25, 0.3) is 0 Å². The summed E-state index contributed by atoms with van der Waals surface area (Å²) >= 11 is 1.52. The van der Waals surface area contributed by atoms with E-state index in [-0.39, 0.29) is 30.2 Å². The van der Waals surface area contributed by atoms with E-state index in [0.717, 1.165) is 50.1 Å². The number of nitrogens with one attached hydrogen (secondary N) is 2. The van der Waals surface area contributed by atoms with Gasteiger partial charge >= 0.3 is 12.6 Å². The molecule has 1 amide bonds. The molecule has 5 aliphatic rings. The maximum Gasteiger partial charge on any atom is 0.345 e. The Morgan fingerprint density at radius 1 is 1.27 bits per heavy atom. The molecule has 4 aliphatic carbocycles. The first-order chi connectivity index (χ1) is 17.7. The second kappa shape index (κ2) is 10.8. The SMILES string of the molecule is CCCSc1nc([C@]2(CC(=O)O)CCCNC2)ccc1C(=O)N[C@H]1C2CC3CC1C[C@@](OC(F)F)(C3)C2. The van der Waals surface area contributed by atoms with Gasteiger partial charge in [-0.25, -0.2) is 4.98 Å². The van der Waals surface area contributed by atoms with Gasteiger partial charge in [0.1, 0.15) is 5.03 Å². The monoisotopic (exact) mass is 537 g/mol. The van der Waals surface area contributed by atoms with Gasteiger partial charge < -0.3 is 20.5 Å². The molecular weight excluding hydrogens is 500 g/mol. The Morgan fingerprint density at radius 3 is 2.65 bits per heavy atom. The highest BCUT2D eigenvalue weighted by Crippen LogP contribution is 2.57. The first-order valence-electron chi connectivity index (χ1n) is 13.6. The van der Waals surface area contributed by atoms with Gasteiger partial charge in [-0.2, -0.15) is 8.78 Å². The fourth-order valence-corrected chi connectivity index (χ4v) is 8.56. The number of hydrogen-bond acceptors (Lipinski definition) is 6. The number of amides is 1. The second-order valence-corrected chi connectivity index (χ2v) is 12.6. The summed E-state index contributed by atoms with van der Waals surface area (Å²) in [4.78, 5) is 30.2. The molecule has 4 saturated carbocycles. The molecule has 6 rings (SSSR count). The van der Waals surface area contributed by atoms with Crippen LogP contribution in [0.3, 0.4) is 0 Å². The summed E-state index contributed by atoms with van der Waals surface area (Å²) in [5, 5.41) is 16.8. The zero-order chi connectivity index (χ0) is 26.2. The van der Waals surface area contributed by atoms with Crippen molar-refractivity contribution in [2.45, 2.75) is 93.4 Å². The lowest BCUT2D eigenvalue weighted by atomic mass is 9.52. The van der Waals surface area contributed by atoms with Crippen molar-refractivity contribution < 1.29 is 28.2 Å². The molecule has 2 unspecified atom stereocenters. The van der Waals surface area contributed by atoms with E-state index in [0.29, 0.717) is 42.3 Å². The number of piperidine rings is 1. The molecule has 3 atom stereocenters. The van der Waals surface area contributed by atoms with Gasteiger partial charge in [0.2, 0.25) is 0 Å². The predicted octanol–water partition coefficient (Wildman–Crippen LogP) is 4.60. The van der Waals surface area contributed by atoms with Gasteiger partial charge in [-0.1, -0.05) is 6.92 Å². The minimum atomic E-state index is -2.77. The Labute approximate surface area is 220 Å². The lowest BCUT2D eigenvalue weighted by Gasteiger charge is -2.59. The Bertz CT molecular complexity index is 999. The molecular formula is C27H37F2N3O4S. The smallest absolute Gasteiger partial charge is 0.345 e. The quantitative estimate of drug-likeness (QED) is 0.375. The molecule has 0 radical (unpaired) electrons. The maximum atomic E-state index is 13.6. The third-order valence-corrected chi connectivity index (χ3v) is 10.1. The molecule has 1 saturated heterocycles. The second-order valence-electron chi connectivity index (χ2n) is 11.6. The van der Waals surface area contributed by atoms with Crippen LogP contribution in [-0.2, 0) is 14.9 Å². The summed E-state index contributed by atoms with van der Waals surface area (Å²) in [6.45, 7) is 0.702. The highest BCUT2D eigenvalue weighted by molar-refractivity contribution is 7.99. The van der Waals surface area contributed by atoms with E-state index < -0.39 is 23.6 Å². The minimum absolute atomic E-state index is 0.00847. The highest BCUT2D eigenvalue weighted by atomic mass is 32.2. The maximum absolute atomic E-state index is 13.6. The Kier molecular flexibility index (Phi) is 7.80. The van der Waals surface area contributed by atoms with Crippen LogP contribution in [0, 0.1) is 17.8 Å². The Balaban J connectivity index is 1.37. The molecule has 2 heterocycles. The van der Waals surface area contributed by atoms with Gasteiger partial charge in [-0.15, -0.1) is 11.8 Å². The Hall–Kier alpha value is -1.78. The summed E-state index contributed by atoms with van der Waals surface area (Å²) in [7, 11) is 0. The van der Waals surface area contributed by atoms with Gasteiger partial charge in [-0.3, -0.25) is 9.59 Å². The van der Waals surface area contributed by atoms with Gasteiger partial charge in [0, 0.05) is 23.7 Å². The molecule has 1 aromatic rings. The lowest BCUT2D eigenvalue weighted by Crippen LogP contribution is -2.62. The molecule has 4 bridgehead atoms. The normalized spacial score (nSPS) is 34.6. The van der Waals surface area contributed by atoms with Crippen molar-refractivity contribution in [2.75, 3.05) is 18.8 Å². The molecule has 5 fully saturated rings. The molecule has 3 N–H and O–H groups in total. The van der Waals surface area contributed by atoms with E-state index in [1.165, 1.54) is 11.8 Å². The van der Waals surface area contributed by atoms with Gasteiger partial charge in [-0.05, 0) is 93.6 Å². The number of carboxylic acids is 1. The van der Waals surface area contributed by atoms with Crippen molar-refractivity contribution in [1.82, 2.24) is 15.6 Å². The number of halogens is 2. The van der Waals surface area contributed by atoms with Crippen LogP contribution in [0.1, 0.15) is 80.8 Å². The number of thioether (sulfide) groups is 1. The number of hydrogen-bond donors (Lipinski definition) is 3. The molecule has 10 heteroatoms. The number of aromatic nitrogens is 1. The zero-order valence-electron chi connectivity index (χ0n) is 21.3. The van der Waals surface area contributed by atoms with Gasteiger partial charge in [0.25, 0.3) is 5.91 Å². The van der Waals surface area contributed by atoms with Crippen molar-refractivity contribution >= 4 is 23.6 Å². The van der Waals surface area contributed by atoms with Crippen LogP contribution in [0.4, 0.5) is 8.78 Å². The lowest BCUT2D eigenvalue weighted by molar-refractivity contribution is -0.260. The summed E-state index contributed by atoms with van der Waals surface area (Å²) in [6.07, 6.45) is 6.22. The van der Waals surface area contributed by atoms with Crippen LogP contribution in [-0.4, -0.2) is 59.1 Å². The van der Waals surface area contributed by atoms with Crippen molar-refractivity contribution in [3.63, 3.8) is 0 Å². The number of alkyl halides is 2. The summed E-state index contributed by atoms with van der Waals surface area (Å²) in [5.74, 6) is 0.416. The van der Waals surface area contributed by atoms with Crippen molar-refractivity contribution in [3.05, 3.63) is 23.4 Å². The molecule has 1 aliphatic heterocycles. The summed E-state index contributed by atoms with van der Waals surface area (Å²) in [5.41, 5.74) is -0.119. The van der Waals surface area contributed by atoms with Gasteiger partial charge in [0.15, 0.2) is 0 Å². The zero-order valence-corrected chi connectivity index (χ0v) is 22.1. The van der Waals surface area contributed by atoms with Crippen LogP contribution in [0.5, 0.6) is 0 Å². The average molecular weight is 538 g/mol. The fourth-order valence-electron chi connectivity index (χ4n) is 7.68. The van der Waals surface area contributed by atoms with Crippen LogP contribution < -0.4 is 10.6 Å². The molecule has 37 heavy (non-hydrogen) atoms. The third kappa shape index (κ3) is 5.52. The number of carbonyl (C=O) groups excluding carboxylic acids is 1. The van der Waals surface area contributed by atoms with Crippen LogP contribution in [0.2, 0.25) is 0 Å². The number of nitrogens with zero attached hydrogens (tertiary/aromatic N) is 1. The van der Waals surface area contributed by atoms with Crippen molar-refractivity contribution in [3.8, 4) is 0 Å². The first-order valence-corrected chi connectivity index (χ1v) is 14.5. The standard InChI is InChI=1S/C27H37F2N3O4S/c1-2-8-37-24-19(4-5-20(31-24)26(14-21(33)34)6-3-7-30-15-26)23(35)32-22-17-9-16-10-18(22)13-27(11-16,12-17)36-25(28)29/h4-5,16-18,22,25,30H,2-3,6-15H2,1H3,(H,32,35)(H,33,34)/t16?,17?,18?,22-,26-,27+/m0/s1. The van der Waals surface area contributed by atoms with E-state index >= 15 is 0 Å². The average Bonchev–Trinajstić information content (AvgIpc) is 2.83. The van der Waals surface area contributed by atoms with Crippen LogP contribution >= 0.6 is 11.8 Å². The van der Waals surface area contributed by atoms with E-state index in [4.69, 9.17) is 9.72 Å². The molecule has 7 nitrogen and oxygen atoms in total. The summed E-state index contributed by atoms with van der Waals surface area (Å²) in [6, 6.07) is 3.57. The van der Waals surface area contributed by atoms with E-state index in [1.54, 1.807) is 6.07 Å². The highest BCUT2D eigenvalue weighted by Gasteiger charge is 2.57. The van der Waals surface area contributed by atoms with Gasteiger partial charge in [0.05, 0.1) is 17.6 Å². The number of pyridine rings is 1. The number of aliphatic carboxylic acids is 1. The minimum Gasteiger partial charge on any atom is -0.481 e. The van der Waals surface area contributed by atoms with Crippen LogP contribution in [0.15, 0.2) is 17.2 Å². The number of rotatable bonds is 10. The molecule has 0 aromatic carbocycles. The first kappa shape index (κ1) is 26.8. The summed E-state index contributed by atoms with van der Waals surface area (Å²) < 4.78 is 31.4. The fraction of sp³-hybridized carbons (Fsp3) is 0.741. The Morgan fingerprint density at radius 2 is 2.03 bits per heavy atom. The molecule has 1 aromatic heterocycles. The predicted molar refractivity (Wildman–Crippen MR) is 136 cm³/mol. The van der Waals surface area contributed by atoms with E-state index in [2.05, 4.69) is 17.6 Å². The van der Waals surface area contributed by atoms with E-state index in [9.17, 15) is 23.5 Å². The molecule has 204 valence electrons. The van der Waals surface area contributed by atoms with Crippen molar-refractivity contribution in [2.24, 2.45) is 17.8 Å². The van der Waals surface area contributed by atoms with E-state index in [1.807, 2.05) is 6.07 Å². The number of carbonyl (C=O) groups is 2. The van der Waals surface area contributed by atoms with Crippen molar-refractivity contribution in [1.29, 1.82) is 0 Å². The third-order valence-electron chi connectivity index (χ3n) is 8.91.